The van der Waals surface area contributed by atoms with Crippen LogP contribution in [0.15, 0.2) is 22.7 Å². The Hall–Kier alpha value is -0.580. The number of carbonyl (C=O) groups is 1. The average Bonchev–Trinajstić information content (AvgIpc) is 2.24. The summed E-state index contributed by atoms with van der Waals surface area (Å²) >= 11 is 9.24. The van der Waals surface area contributed by atoms with Crippen LogP contribution in [0, 0.1) is 0 Å². The van der Waals surface area contributed by atoms with Gasteiger partial charge in [-0.2, -0.15) is 0 Å². The quantitative estimate of drug-likeness (QED) is 0.895. The fourth-order valence-corrected chi connectivity index (χ4v) is 1.83. The Morgan fingerprint density at radius 3 is 2.94 bits per heavy atom. The molecular weight excluding hydrogens is 293 g/mol. The standard InChI is InChI=1S/C11H13BrClNO2/c1-7(6-15)14-10(16)5-8-3-2-4-9(13)11(8)12/h2-4,7,15H,5-6H2,1H3,(H,14,16)/t7-/m0/s1. The molecule has 0 bridgehead atoms. The van der Waals surface area contributed by atoms with Gasteiger partial charge in [0.05, 0.1) is 18.1 Å². The van der Waals surface area contributed by atoms with E-state index in [9.17, 15) is 4.79 Å². The molecule has 2 N–H and O–H groups in total. The van der Waals surface area contributed by atoms with Crippen molar-refractivity contribution in [2.24, 2.45) is 0 Å². The molecule has 1 rings (SSSR count). The highest BCUT2D eigenvalue weighted by molar-refractivity contribution is 9.10. The average molecular weight is 307 g/mol. The van der Waals surface area contributed by atoms with Crippen LogP contribution in [-0.4, -0.2) is 23.7 Å². The van der Waals surface area contributed by atoms with Crippen molar-refractivity contribution in [1.29, 1.82) is 0 Å². The van der Waals surface area contributed by atoms with Crippen molar-refractivity contribution in [2.45, 2.75) is 19.4 Å². The molecule has 16 heavy (non-hydrogen) atoms. The van der Waals surface area contributed by atoms with Crippen molar-refractivity contribution in [3.63, 3.8) is 0 Å². The summed E-state index contributed by atoms with van der Waals surface area (Å²) in [4.78, 5) is 11.6. The summed E-state index contributed by atoms with van der Waals surface area (Å²) in [5.41, 5.74) is 0.829. The molecule has 1 atom stereocenters. The Kier molecular flexibility index (Phi) is 5.25. The van der Waals surface area contributed by atoms with Crippen LogP contribution in [0.1, 0.15) is 12.5 Å². The smallest absolute Gasteiger partial charge is 0.224 e. The lowest BCUT2D eigenvalue weighted by Crippen LogP contribution is -2.36. The molecule has 1 amide bonds. The van der Waals surface area contributed by atoms with Gasteiger partial charge in [0.15, 0.2) is 0 Å². The number of aliphatic hydroxyl groups is 1. The number of hydrogen-bond donors (Lipinski definition) is 2. The van der Waals surface area contributed by atoms with Crippen LogP contribution >= 0.6 is 27.5 Å². The molecule has 0 saturated carbocycles. The molecule has 88 valence electrons. The Balaban J connectivity index is 2.66. The van der Waals surface area contributed by atoms with Crippen LogP contribution in [0.25, 0.3) is 0 Å². The second-order valence-corrected chi connectivity index (χ2v) is 4.74. The highest BCUT2D eigenvalue weighted by Crippen LogP contribution is 2.26. The molecule has 0 aliphatic rings. The zero-order chi connectivity index (χ0) is 12.1. The zero-order valence-electron chi connectivity index (χ0n) is 8.84. The molecule has 3 nitrogen and oxygen atoms in total. The van der Waals surface area contributed by atoms with Gasteiger partial charge in [-0.15, -0.1) is 0 Å². The van der Waals surface area contributed by atoms with Crippen molar-refractivity contribution in [2.75, 3.05) is 6.61 Å². The number of amides is 1. The van der Waals surface area contributed by atoms with E-state index in [-0.39, 0.29) is 25.0 Å². The minimum absolute atomic E-state index is 0.0670. The normalized spacial score (nSPS) is 12.2. The van der Waals surface area contributed by atoms with E-state index < -0.39 is 0 Å². The van der Waals surface area contributed by atoms with Gasteiger partial charge < -0.3 is 10.4 Å². The first-order chi connectivity index (χ1) is 7.54. The third kappa shape index (κ3) is 3.77. The van der Waals surface area contributed by atoms with Gasteiger partial charge in [0, 0.05) is 10.5 Å². The molecule has 5 heteroatoms. The van der Waals surface area contributed by atoms with E-state index in [4.69, 9.17) is 16.7 Å². The summed E-state index contributed by atoms with van der Waals surface area (Å²) in [6.45, 7) is 1.67. The summed E-state index contributed by atoms with van der Waals surface area (Å²) in [6.07, 6.45) is 0.242. The van der Waals surface area contributed by atoms with Crippen LogP contribution in [0.3, 0.4) is 0 Å². The van der Waals surface area contributed by atoms with Crippen LogP contribution in [-0.2, 0) is 11.2 Å². The number of nitrogens with one attached hydrogen (secondary N) is 1. The first-order valence-corrected chi connectivity index (χ1v) is 6.04. The van der Waals surface area contributed by atoms with Crippen LogP contribution in [0.2, 0.25) is 5.02 Å². The van der Waals surface area contributed by atoms with Crippen molar-refractivity contribution >= 4 is 33.4 Å². The van der Waals surface area contributed by atoms with Gasteiger partial charge in [0.2, 0.25) is 5.91 Å². The van der Waals surface area contributed by atoms with Crippen LogP contribution in [0.5, 0.6) is 0 Å². The number of benzene rings is 1. The Morgan fingerprint density at radius 2 is 2.31 bits per heavy atom. The highest BCUT2D eigenvalue weighted by atomic mass is 79.9. The molecule has 0 fully saturated rings. The van der Waals surface area contributed by atoms with Gasteiger partial charge in [0.25, 0.3) is 0 Å². The van der Waals surface area contributed by atoms with E-state index in [0.717, 1.165) is 10.0 Å². The fraction of sp³-hybridized carbons (Fsp3) is 0.364. The molecule has 0 radical (unpaired) electrons. The maximum Gasteiger partial charge on any atom is 0.224 e. The molecule has 0 unspecified atom stereocenters. The Bertz CT molecular complexity index is 384. The van der Waals surface area contributed by atoms with Gasteiger partial charge in [-0.25, -0.2) is 0 Å². The third-order valence-electron chi connectivity index (χ3n) is 2.06. The molecule has 0 aliphatic heterocycles. The lowest BCUT2D eigenvalue weighted by Gasteiger charge is -2.11. The molecule has 0 spiro atoms. The van der Waals surface area contributed by atoms with E-state index in [2.05, 4.69) is 21.2 Å². The van der Waals surface area contributed by atoms with E-state index in [1.165, 1.54) is 0 Å². The van der Waals surface area contributed by atoms with Crippen molar-refractivity contribution < 1.29 is 9.90 Å². The first kappa shape index (κ1) is 13.5. The lowest BCUT2D eigenvalue weighted by molar-refractivity contribution is -0.121. The summed E-state index contributed by atoms with van der Waals surface area (Å²) in [5.74, 6) is -0.135. The van der Waals surface area contributed by atoms with Gasteiger partial charge in [-0.05, 0) is 34.5 Å². The Morgan fingerprint density at radius 1 is 1.62 bits per heavy atom. The molecule has 0 saturated heterocycles. The SMILES string of the molecule is C[C@@H](CO)NC(=O)Cc1cccc(Cl)c1Br. The molecule has 0 aromatic heterocycles. The molecule has 1 aromatic rings. The highest BCUT2D eigenvalue weighted by Gasteiger charge is 2.10. The maximum absolute atomic E-state index is 11.6. The van der Waals surface area contributed by atoms with Gasteiger partial charge in [-0.3, -0.25) is 4.79 Å². The number of rotatable bonds is 4. The van der Waals surface area contributed by atoms with E-state index in [1.807, 2.05) is 6.07 Å². The lowest BCUT2D eigenvalue weighted by atomic mass is 10.1. The zero-order valence-corrected chi connectivity index (χ0v) is 11.2. The fourth-order valence-electron chi connectivity index (χ4n) is 1.23. The monoisotopic (exact) mass is 305 g/mol. The number of carbonyl (C=O) groups excluding carboxylic acids is 1. The van der Waals surface area contributed by atoms with Gasteiger partial charge >= 0.3 is 0 Å². The topological polar surface area (TPSA) is 49.3 Å². The summed E-state index contributed by atoms with van der Waals surface area (Å²) in [6, 6.07) is 5.15. The van der Waals surface area contributed by atoms with Crippen LogP contribution in [0.4, 0.5) is 0 Å². The first-order valence-electron chi connectivity index (χ1n) is 4.87. The minimum atomic E-state index is -0.231. The third-order valence-corrected chi connectivity index (χ3v) is 3.54. The number of halogens is 2. The Labute approximate surface area is 108 Å². The van der Waals surface area contributed by atoms with E-state index >= 15 is 0 Å². The molecule has 0 heterocycles. The van der Waals surface area contributed by atoms with Crippen molar-refractivity contribution in [1.82, 2.24) is 5.32 Å². The minimum Gasteiger partial charge on any atom is -0.394 e. The number of aliphatic hydroxyl groups excluding tert-OH is 1. The van der Waals surface area contributed by atoms with Crippen molar-refractivity contribution in [3.05, 3.63) is 33.3 Å². The largest absolute Gasteiger partial charge is 0.394 e. The second-order valence-electron chi connectivity index (χ2n) is 3.54. The van der Waals surface area contributed by atoms with Gasteiger partial charge in [-0.1, -0.05) is 23.7 Å². The predicted octanol–water partition coefficient (Wildman–Crippen LogP) is 2.14. The molecular formula is C11H13BrClNO2. The van der Waals surface area contributed by atoms with Crippen LogP contribution < -0.4 is 5.32 Å². The molecule has 0 aliphatic carbocycles. The molecule has 1 aromatic carbocycles. The van der Waals surface area contributed by atoms with E-state index in [0.29, 0.717) is 5.02 Å². The summed E-state index contributed by atoms with van der Waals surface area (Å²) in [7, 11) is 0. The van der Waals surface area contributed by atoms with Crippen molar-refractivity contribution in [3.8, 4) is 0 Å². The van der Waals surface area contributed by atoms with E-state index in [1.54, 1.807) is 19.1 Å². The van der Waals surface area contributed by atoms with Gasteiger partial charge in [0.1, 0.15) is 0 Å². The predicted molar refractivity (Wildman–Crippen MR) is 67.5 cm³/mol. The number of hydrogen-bond acceptors (Lipinski definition) is 2. The summed E-state index contributed by atoms with van der Waals surface area (Å²) < 4.78 is 0.739. The summed E-state index contributed by atoms with van der Waals surface area (Å²) in [5, 5.41) is 12.1. The second kappa shape index (κ2) is 6.23. The maximum atomic E-state index is 11.6.